The summed E-state index contributed by atoms with van der Waals surface area (Å²) in [4.78, 5) is 0. The summed E-state index contributed by atoms with van der Waals surface area (Å²) in [6, 6.07) is 28.3. The fraction of sp³-hybridized carbons (Fsp3) is 0.100. The molecule has 0 radical (unpaired) electrons. The van der Waals surface area contributed by atoms with Gasteiger partial charge in [0.2, 0.25) is 0 Å². The van der Waals surface area contributed by atoms with Crippen molar-refractivity contribution in [2.24, 2.45) is 0 Å². The summed E-state index contributed by atoms with van der Waals surface area (Å²) in [6.45, 7) is 0. The van der Waals surface area contributed by atoms with Crippen LogP contribution in [0.15, 0.2) is 91.0 Å². The van der Waals surface area contributed by atoms with Crippen molar-refractivity contribution in [1.82, 2.24) is 0 Å². The van der Waals surface area contributed by atoms with Gasteiger partial charge in [0.05, 0.1) is 0 Å². The van der Waals surface area contributed by atoms with Gasteiger partial charge in [-0.3, -0.25) is 0 Å². The summed E-state index contributed by atoms with van der Waals surface area (Å²) in [6.07, 6.45) is 0.363. The summed E-state index contributed by atoms with van der Waals surface area (Å²) in [5, 5.41) is 12.2. The minimum atomic E-state index is -3.13. The molecule has 1 N–H and O–H groups in total. The van der Waals surface area contributed by atoms with E-state index in [9.17, 15) is 9.67 Å². The Morgan fingerprint density at radius 2 is 1.09 bits per heavy atom. The van der Waals surface area contributed by atoms with Crippen molar-refractivity contribution < 1.29 is 9.67 Å². The highest BCUT2D eigenvalue weighted by atomic mass is 31.2. The van der Waals surface area contributed by atoms with E-state index in [0.717, 1.165) is 5.56 Å². The lowest BCUT2D eigenvalue weighted by atomic mass is 10.2. The molecule has 3 aromatic carbocycles. The lowest BCUT2D eigenvalue weighted by Crippen LogP contribution is -2.27. The van der Waals surface area contributed by atoms with Crippen molar-refractivity contribution in [3.63, 3.8) is 0 Å². The molecular formula is C20H19O2P. The second kappa shape index (κ2) is 6.95. The lowest BCUT2D eigenvalue weighted by molar-refractivity contribution is 0.251. The Balaban J connectivity index is 2.04. The number of benzene rings is 3. The van der Waals surface area contributed by atoms with E-state index in [-0.39, 0.29) is 0 Å². The molecule has 3 rings (SSSR count). The third-order valence-electron chi connectivity index (χ3n) is 3.96. The number of hydrogen-bond donors (Lipinski definition) is 1. The Morgan fingerprint density at radius 1 is 0.696 bits per heavy atom. The van der Waals surface area contributed by atoms with Crippen LogP contribution >= 0.6 is 7.14 Å². The topological polar surface area (TPSA) is 37.3 Å². The quantitative estimate of drug-likeness (QED) is 0.729. The van der Waals surface area contributed by atoms with Crippen molar-refractivity contribution in [1.29, 1.82) is 0 Å². The number of rotatable bonds is 5. The van der Waals surface area contributed by atoms with E-state index in [4.69, 9.17) is 0 Å². The summed E-state index contributed by atoms with van der Waals surface area (Å²) >= 11 is 0. The number of aliphatic hydroxyl groups is 1. The molecule has 2 nitrogen and oxygen atoms in total. The molecule has 1 atom stereocenters. The lowest BCUT2D eigenvalue weighted by Gasteiger charge is -2.25. The largest absolute Gasteiger partial charge is 0.384 e. The maximum absolute atomic E-state index is 13.9. The zero-order valence-corrected chi connectivity index (χ0v) is 13.6. The first-order chi connectivity index (χ1) is 11.2. The third kappa shape index (κ3) is 3.29. The second-order valence-corrected chi connectivity index (χ2v) is 8.44. The van der Waals surface area contributed by atoms with Crippen LogP contribution in [0.3, 0.4) is 0 Å². The Labute approximate surface area is 136 Å². The van der Waals surface area contributed by atoms with Gasteiger partial charge in [0.15, 0.2) is 7.14 Å². The third-order valence-corrected chi connectivity index (χ3v) is 7.11. The molecule has 3 heteroatoms. The van der Waals surface area contributed by atoms with Crippen molar-refractivity contribution in [2.45, 2.75) is 12.3 Å². The van der Waals surface area contributed by atoms with Gasteiger partial charge in [-0.1, -0.05) is 91.0 Å². The van der Waals surface area contributed by atoms with Gasteiger partial charge >= 0.3 is 0 Å². The molecule has 23 heavy (non-hydrogen) atoms. The molecule has 0 aromatic heterocycles. The number of hydrogen-bond acceptors (Lipinski definition) is 2. The predicted octanol–water partition coefficient (Wildman–Crippen LogP) is 3.56. The molecule has 0 unspecified atom stereocenters. The van der Waals surface area contributed by atoms with Gasteiger partial charge in [-0.05, 0) is 5.56 Å². The van der Waals surface area contributed by atoms with Gasteiger partial charge in [0.25, 0.3) is 0 Å². The van der Waals surface area contributed by atoms with Crippen LogP contribution in [0.2, 0.25) is 0 Å². The van der Waals surface area contributed by atoms with E-state index >= 15 is 0 Å². The van der Waals surface area contributed by atoms with Gasteiger partial charge in [0, 0.05) is 17.0 Å². The fourth-order valence-electron chi connectivity index (χ4n) is 2.75. The molecule has 0 aliphatic heterocycles. The first-order valence-electron chi connectivity index (χ1n) is 7.64. The minimum absolute atomic E-state index is 0.363. The highest BCUT2D eigenvalue weighted by Gasteiger charge is 2.35. The van der Waals surface area contributed by atoms with Gasteiger partial charge in [-0.15, -0.1) is 0 Å². The standard InChI is InChI=1S/C20H19O2P/c21-20(16-17-10-4-1-5-11-17)23(22,18-12-6-2-7-13-18)19-14-8-3-9-15-19/h1-15,20-21H,16H2/t20-/m0/s1. The Kier molecular flexibility index (Phi) is 4.76. The number of aliphatic hydroxyl groups excluding tert-OH is 1. The van der Waals surface area contributed by atoms with Gasteiger partial charge < -0.3 is 9.67 Å². The van der Waals surface area contributed by atoms with Crippen LogP contribution in [0, 0.1) is 0 Å². The van der Waals surface area contributed by atoms with Crippen LogP contribution in [0.5, 0.6) is 0 Å². The maximum atomic E-state index is 13.9. The molecule has 0 fully saturated rings. The first-order valence-corrected chi connectivity index (χ1v) is 9.42. The van der Waals surface area contributed by atoms with Crippen molar-refractivity contribution >= 4 is 17.8 Å². The van der Waals surface area contributed by atoms with Crippen molar-refractivity contribution in [2.75, 3.05) is 0 Å². The predicted molar refractivity (Wildman–Crippen MR) is 95.9 cm³/mol. The van der Waals surface area contributed by atoms with E-state index in [0.29, 0.717) is 17.0 Å². The van der Waals surface area contributed by atoms with Crippen molar-refractivity contribution in [3.05, 3.63) is 96.6 Å². The monoisotopic (exact) mass is 322 g/mol. The van der Waals surface area contributed by atoms with E-state index in [2.05, 4.69) is 0 Å². The first kappa shape index (κ1) is 15.7. The molecule has 0 bridgehead atoms. The SMILES string of the molecule is O=P(c1ccccc1)(c1ccccc1)[C@H](O)Cc1ccccc1. The second-order valence-electron chi connectivity index (χ2n) is 5.50. The highest BCUT2D eigenvalue weighted by molar-refractivity contribution is 7.79. The zero-order chi connectivity index (χ0) is 16.1. The molecule has 3 aromatic rings. The van der Waals surface area contributed by atoms with Crippen molar-refractivity contribution in [3.8, 4) is 0 Å². The molecule has 0 saturated carbocycles. The summed E-state index contributed by atoms with van der Waals surface area (Å²) in [5.41, 5.74) is 0.979. The van der Waals surface area contributed by atoms with Crippen LogP contribution in [-0.4, -0.2) is 11.0 Å². The van der Waals surface area contributed by atoms with E-state index in [1.54, 1.807) is 0 Å². The molecule has 0 heterocycles. The average Bonchev–Trinajstić information content (AvgIpc) is 2.63. The Bertz CT molecular complexity index is 742. The Hall–Kier alpha value is -2.15. The van der Waals surface area contributed by atoms with E-state index in [1.807, 2.05) is 91.0 Å². The van der Waals surface area contributed by atoms with Gasteiger partial charge in [-0.2, -0.15) is 0 Å². The van der Waals surface area contributed by atoms with Crippen LogP contribution in [-0.2, 0) is 11.0 Å². The minimum Gasteiger partial charge on any atom is -0.384 e. The van der Waals surface area contributed by atoms with Crippen LogP contribution in [0.25, 0.3) is 0 Å². The summed E-state index contributed by atoms with van der Waals surface area (Å²) in [5.74, 6) is -0.949. The summed E-state index contributed by atoms with van der Waals surface area (Å²) < 4.78 is 13.9. The smallest absolute Gasteiger partial charge is 0.170 e. The van der Waals surface area contributed by atoms with E-state index < -0.39 is 13.0 Å². The van der Waals surface area contributed by atoms with E-state index in [1.165, 1.54) is 0 Å². The Morgan fingerprint density at radius 3 is 1.52 bits per heavy atom. The average molecular weight is 322 g/mol. The normalized spacial score (nSPS) is 12.7. The van der Waals surface area contributed by atoms with Crippen LogP contribution in [0.1, 0.15) is 5.56 Å². The summed E-state index contributed by atoms with van der Waals surface area (Å²) in [7, 11) is -3.13. The van der Waals surface area contributed by atoms with Gasteiger partial charge in [-0.25, -0.2) is 0 Å². The highest BCUT2D eigenvalue weighted by Crippen LogP contribution is 2.48. The molecule has 0 aliphatic rings. The molecule has 0 aliphatic carbocycles. The maximum Gasteiger partial charge on any atom is 0.170 e. The molecule has 0 amide bonds. The fourth-order valence-corrected chi connectivity index (χ4v) is 5.43. The molecule has 116 valence electrons. The molecular weight excluding hydrogens is 303 g/mol. The van der Waals surface area contributed by atoms with Crippen LogP contribution < -0.4 is 10.6 Å². The molecule has 0 saturated heterocycles. The van der Waals surface area contributed by atoms with Crippen LogP contribution in [0.4, 0.5) is 0 Å². The molecule has 0 spiro atoms. The van der Waals surface area contributed by atoms with Gasteiger partial charge in [0.1, 0.15) is 5.85 Å². The zero-order valence-electron chi connectivity index (χ0n) is 12.7.